The summed E-state index contributed by atoms with van der Waals surface area (Å²) < 4.78 is 2.00. The molecule has 0 N–H and O–H groups in total. The lowest BCUT2D eigenvalue weighted by molar-refractivity contribution is 0.199. The van der Waals surface area contributed by atoms with Crippen molar-refractivity contribution in [1.29, 1.82) is 0 Å². The summed E-state index contributed by atoms with van der Waals surface area (Å²) in [7, 11) is 0. The number of hydrogen-bond donors (Lipinski definition) is 1. The zero-order valence-electron chi connectivity index (χ0n) is 11.4. The molecule has 1 atom stereocenters. The van der Waals surface area contributed by atoms with E-state index in [4.69, 9.17) is 0 Å². The number of carbonyl (C=O) groups excluding carboxylic acids is 1. The highest BCUT2D eigenvalue weighted by Gasteiger charge is 2.36. The van der Waals surface area contributed by atoms with Crippen molar-refractivity contribution < 1.29 is 4.79 Å². The van der Waals surface area contributed by atoms with Crippen molar-refractivity contribution in [2.75, 3.05) is 0 Å². The highest BCUT2D eigenvalue weighted by atomic mass is 32.2. The Morgan fingerprint density at radius 1 is 0.905 bits per heavy atom. The minimum Gasteiger partial charge on any atom is -0.303 e. The molecule has 21 heavy (non-hydrogen) atoms. The Balaban J connectivity index is 1.69. The number of benzene rings is 2. The maximum Gasteiger partial charge on any atom is 0.299 e. The molecule has 0 aromatic heterocycles. The van der Waals surface area contributed by atoms with E-state index in [0.717, 1.165) is 5.56 Å². The molecule has 1 amide bonds. The molecular weight excluding hydrogens is 300 g/mol. The Morgan fingerprint density at radius 3 is 2.00 bits per heavy atom. The molecule has 0 saturated carbocycles. The van der Waals surface area contributed by atoms with Crippen LogP contribution in [0.4, 0.5) is 4.79 Å². The molecule has 2 aromatic carbocycles. The van der Waals surface area contributed by atoms with E-state index in [9.17, 15) is 4.79 Å². The van der Waals surface area contributed by atoms with Gasteiger partial charge in [0.25, 0.3) is 5.24 Å². The lowest BCUT2D eigenvalue weighted by Gasteiger charge is -2.24. The normalized spacial score (nSPS) is 19.2. The SMILES string of the molecule is O=C1SN(Cc2ccccc2)C(S)N1Cc1ccccc1. The fourth-order valence-electron chi connectivity index (χ4n) is 2.25. The van der Waals surface area contributed by atoms with Gasteiger partial charge in [-0.25, -0.2) is 4.31 Å². The second kappa shape index (κ2) is 6.56. The molecule has 3 nitrogen and oxygen atoms in total. The summed E-state index contributed by atoms with van der Waals surface area (Å²) in [5, 5.41) is 0.0507. The summed E-state index contributed by atoms with van der Waals surface area (Å²) in [5.41, 5.74) is 2.09. The van der Waals surface area contributed by atoms with Crippen molar-refractivity contribution in [3.63, 3.8) is 0 Å². The van der Waals surface area contributed by atoms with Crippen LogP contribution in [0.3, 0.4) is 0 Å². The summed E-state index contributed by atoms with van der Waals surface area (Å²) in [6.07, 6.45) is 0. The largest absolute Gasteiger partial charge is 0.303 e. The molecule has 5 heteroatoms. The number of rotatable bonds is 4. The van der Waals surface area contributed by atoms with Crippen LogP contribution in [0.25, 0.3) is 0 Å². The second-order valence-corrected chi connectivity index (χ2v) is 6.34. The minimum atomic E-state index is -0.206. The van der Waals surface area contributed by atoms with Crippen LogP contribution in [0.5, 0.6) is 0 Å². The van der Waals surface area contributed by atoms with Crippen LogP contribution in [-0.4, -0.2) is 19.9 Å². The van der Waals surface area contributed by atoms with Crippen molar-refractivity contribution in [2.45, 2.75) is 18.6 Å². The molecule has 1 unspecified atom stereocenters. The van der Waals surface area contributed by atoms with Gasteiger partial charge in [0.1, 0.15) is 5.50 Å². The first-order valence-corrected chi connectivity index (χ1v) is 8.04. The third-order valence-electron chi connectivity index (χ3n) is 3.34. The van der Waals surface area contributed by atoms with Crippen LogP contribution < -0.4 is 0 Å². The van der Waals surface area contributed by atoms with Crippen LogP contribution in [0.1, 0.15) is 11.1 Å². The summed E-state index contributed by atoms with van der Waals surface area (Å²) in [4.78, 5) is 14.0. The maximum atomic E-state index is 12.2. The highest BCUT2D eigenvalue weighted by molar-refractivity contribution is 8.12. The number of carbonyl (C=O) groups is 1. The molecular formula is C16H16N2OS2. The zero-order chi connectivity index (χ0) is 14.7. The standard InChI is InChI=1S/C16H16N2OS2/c19-16-17(11-13-7-3-1-4-8-13)15(20)18(21-16)12-14-9-5-2-6-10-14/h1-10,15,20H,11-12H2. The van der Waals surface area contributed by atoms with E-state index in [1.165, 1.54) is 17.5 Å². The first-order chi connectivity index (χ1) is 10.2. The average Bonchev–Trinajstić information content (AvgIpc) is 2.77. The van der Waals surface area contributed by atoms with Gasteiger partial charge in [-0.15, -0.1) is 12.6 Å². The molecule has 1 aliphatic rings. The predicted octanol–water partition coefficient (Wildman–Crippen LogP) is 3.99. The van der Waals surface area contributed by atoms with Gasteiger partial charge in [0, 0.05) is 25.0 Å². The van der Waals surface area contributed by atoms with Crippen molar-refractivity contribution >= 4 is 29.8 Å². The maximum absolute atomic E-state index is 12.2. The van der Waals surface area contributed by atoms with Crippen LogP contribution >= 0.6 is 24.6 Å². The fraction of sp³-hybridized carbons (Fsp3) is 0.188. The fourth-order valence-corrected chi connectivity index (χ4v) is 3.63. The molecule has 1 heterocycles. The quantitative estimate of drug-likeness (QED) is 0.681. The van der Waals surface area contributed by atoms with Gasteiger partial charge >= 0.3 is 0 Å². The van der Waals surface area contributed by atoms with Crippen molar-refractivity contribution in [3.8, 4) is 0 Å². The van der Waals surface area contributed by atoms with Crippen molar-refractivity contribution in [3.05, 3.63) is 71.8 Å². The lowest BCUT2D eigenvalue weighted by atomic mass is 10.2. The Hall–Kier alpha value is -1.43. The Labute approximate surface area is 134 Å². The zero-order valence-corrected chi connectivity index (χ0v) is 13.1. The molecule has 1 saturated heterocycles. The molecule has 2 aromatic rings. The molecule has 108 valence electrons. The van der Waals surface area contributed by atoms with E-state index in [2.05, 4.69) is 24.8 Å². The molecule has 0 bridgehead atoms. The number of amides is 1. The monoisotopic (exact) mass is 316 g/mol. The Morgan fingerprint density at radius 2 is 1.43 bits per heavy atom. The van der Waals surface area contributed by atoms with Gasteiger partial charge in [-0.05, 0) is 11.1 Å². The summed E-state index contributed by atoms with van der Waals surface area (Å²) >= 11 is 5.85. The van der Waals surface area contributed by atoms with Crippen LogP contribution in [0, 0.1) is 0 Å². The predicted molar refractivity (Wildman–Crippen MR) is 89.7 cm³/mol. The summed E-state index contributed by atoms with van der Waals surface area (Å²) in [6.45, 7) is 1.29. The van der Waals surface area contributed by atoms with Crippen LogP contribution in [0.2, 0.25) is 0 Å². The van der Waals surface area contributed by atoms with Crippen LogP contribution in [0.15, 0.2) is 60.7 Å². The van der Waals surface area contributed by atoms with E-state index < -0.39 is 0 Å². The van der Waals surface area contributed by atoms with Gasteiger partial charge in [-0.2, -0.15) is 0 Å². The van der Waals surface area contributed by atoms with E-state index in [0.29, 0.717) is 13.1 Å². The van der Waals surface area contributed by atoms with Gasteiger partial charge < -0.3 is 4.90 Å². The Kier molecular flexibility index (Phi) is 4.53. The van der Waals surface area contributed by atoms with E-state index in [1.807, 2.05) is 52.8 Å². The number of nitrogens with zero attached hydrogens (tertiary/aromatic N) is 2. The first kappa shape index (κ1) is 14.5. The van der Waals surface area contributed by atoms with E-state index in [1.54, 1.807) is 4.90 Å². The van der Waals surface area contributed by atoms with E-state index in [-0.39, 0.29) is 10.7 Å². The van der Waals surface area contributed by atoms with Gasteiger partial charge in [0.15, 0.2) is 0 Å². The minimum absolute atomic E-state index is 0.0507. The van der Waals surface area contributed by atoms with Crippen molar-refractivity contribution in [2.24, 2.45) is 0 Å². The van der Waals surface area contributed by atoms with E-state index >= 15 is 0 Å². The van der Waals surface area contributed by atoms with Crippen molar-refractivity contribution in [1.82, 2.24) is 9.21 Å². The number of hydrogen-bond acceptors (Lipinski definition) is 4. The molecule has 0 radical (unpaired) electrons. The first-order valence-electron chi connectivity index (χ1n) is 6.75. The lowest BCUT2D eigenvalue weighted by Crippen LogP contribution is -2.34. The highest BCUT2D eigenvalue weighted by Crippen LogP contribution is 2.34. The third kappa shape index (κ3) is 3.43. The number of thiol groups is 1. The molecule has 1 aliphatic heterocycles. The second-order valence-electron chi connectivity index (χ2n) is 4.88. The molecule has 3 rings (SSSR count). The van der Waals surface area contributed by atoms with Gasteiger partial charge in [0.2, 0.25) is 0 Å². The smallest absolute Gasteiger partial charge is 0.299 e. The molecule has 0 spiro atoms. The topological polar surface area (TPSA) is 23.6 Å². The summed E-state index contributed by atoms with van der Waals surface area (Å²) in [5.74, 6) is 0. The third-order valence-corrected chi connectivity index (χ3v) is 5.01. The molecule has 1 fully saturated rings. The molecule has 0 aliphatic carbocycles. The van der Waals surface area contributed by atoms with Gasteiger partial charge in [-0.1, -0.05) is 60.7 Å². The van der Waals surface area contributed by atoms with Crippen LogP contribution in [-0.2, 0) is 13.1 Å². The van der Waals surface area contributed by atoms with Gasteiger partial charge in [-0.3, -0.25) is 4.79 Å². The average molecular weight is 316 g/mol. The summed E-state index contributed by atoms with van der Waals surface area (Å²) in [6, 6.07) is 20.1. The van der Waals surface area contributed by atoms with Gasteiger partial charge in [0.05, 0.1) is 0 Å². The Bertz CT molecular complexity index is 606.